The first kappa shape index (κ1) is 12.2. The quantitative estimate of drug-likeness (QED) is 0.738. The van der Waals surface area contributed by atoms with Gasteiger partial charge in [-0.05, 0) is 13.8 Å². The van der Waals surface area contributed by atoms with Crippen LogP contribution in [0.2, 0.25) is 0 Å². The minimum absolute atomic E-state index is 0.0226. The van der Waals surface area contributed by atoms with Gasteiger partial charge >= 0.3 is 12.1 Å². The van der Waals surface area contributed by atoms with E-state index in [-0.39, 0.29) is 6.61 Å². The molecule has 0 bridgehead atoms. The minimum atomic E-state index is -4.84. The number of carbonyl (C=O) groups is 1. The van der Waals surface area contributed by atoms with E-state index < -0.39 is 17.6 Å². The number of nitrogens with one attached hydrogen (secondary N) is 1. The van der Waals surface area contributed by atoms with E-state index in [9.17, 15) is 18.0 Å². The Kier molecular flexibility index (Phi) is 3.71. The Bertz CT molecular complexity index is 189. The summed E-state index contributed by atoms with van der Waals surface area (Å²) in [6.07, 6.45) is -4.84. The molecule has 3 nitrogen and oxygen atoms in total. The molecule has 6 heteroatoms. The Morgan fingerprint density at radius 1 is 1.38 bits per heavy atom. The molecule has 0 fully saturated rings. The van der Waals surface area contributed by atoms with Crippen molar-refractivity contribution in [3.05, 3.63) is 0 Å². The first-order chi connectivity index (χ1) is 5.69. The predicted molar refractivity (Wildman–Crippen MR) is 40.2 cm³/mol. The lowest BCUT2D eigenvalue weighted by atomic mass is 10.1. The highest BCUT2D eigenvalue weighted by atomic mass is 19.4. The van der Waals surface area contributed by atoms with Gasteiger partial charge in [0.1, 0.15) is 0 Å². The molecule has 0 aromatic heterocycles. The Morgan fingerprint density at radius 3 is 2.15 bits per heavy atom. The van der Waals surface area contributed by atoms with Gasteiger partial charge in [-0.1, -0.05) is 0 Å². The van der Waals surface area contributed by atoms with Gasteiger partial charge in [0.25, 0.3) is 0 Å². The number of rotatable bonds is 3. The van der Waals surface area contributed by atoms with Crippen LogP contribution >= 0.6 is 0 Å². The first-order valence-corrected chi connectivity index (χ1v) is 3.57. The monoisotopic (exact) mass is 199 g/mol. The molecule has 0 rings (SSSR count). The SMILES string of the molecule is COCC(C)(C)NC(=O)C(F)(F)F. The zero-order valence-corrected chi connectivity index (χ0v) is 7.66. The summed E-state index contributed by atoms with van der Waals surface area (Å²) in [4.78, 5) is 10.5. The predicted octanol–water partition coefficient (Wildman–Crippen LogP) is 1.09. The van der Waals surface area contributed by atoms with Crippen LogP contribution in [0.4, 0.5) is 13.2 Å². The molecule has 1 N–H and O–H groups in total. The molecule has 0 aromatic rings. The summed E-state index contributed by atoms with van der Waals surface area (Å²) < 4.78 is 39.9. The molecule has 0 aliphatic rings. The van der Waals surface area contributed by atoms with Gasteiger partial charge in [0.15, 0.2) is 0 Å². The van der Waals surface area contributed by atoms with Crippen molar-refractivity contribution in [1.29, 1.82) is 0 Å². The van der Waals surface area contributed by atoms with Crippen molar-refractivity contribution in [1.82, 2.24) is 5.32 Å². The topological polar surface area (TPSA) is 38.3 Å². The summed E-state index contributed by atoms with van der Waals surface area (Å²) in [5, 5.41) is 1.81. The zero-order valence-electron chi connectivity index (χ0n) is 7.66. The van der Waals surface area contributed by atoms with Crippen LogP contribution in [-0.2, 0) is 9.53 Å². The average Bonchev–Trinajstić information content (AvgIpc) is 1.83. The maximum atomic E-state index is 11.8. The molecule has 0 heterocycles. The third kappa shape index (κ3) is 4.72. The van der Waals surface area contributed by atoms with Gasteiger partial charge in [-0.25, -0.2) is 0 Å². The Morgan fingerprint density at radius 2 is 1.85 bits per heavy atom. The Balaban J connectivity index is 4.20. The number of methoxy groups -OCH3 is 1. The molecule has 0 atom stereocenters. The number of amides is 1. The highest BCUT2D eigenvalue weighted by molar-refractivity contribution is 5.82. The Hall–Kier alpha value is -0.780. The standard InChI is InChI=1S/C7H12F3NO2/c1-6(2,4-13-3)11-5(12)7(8,9)10/h4H2,1-3H3,(H,11,12). The summed E-state index contributed by atoms with van der Waals surface area (Å²) in [5.74, 6) is -1.95. The molecule has 0 radical (unpaired) electrons. The van der Waals surface area contributed by atoms with E-state index in [2.05, 4.69) is 4.74 Å². The normalized spacial score (nSPS) is 12.8. The molecule has 0 saturated heterocycles. The maximum Gasteiger partial charge on any atom is 0.471 e. The van der Waals surface area contributed by atoms with Crippen molar-refractivity contribution in [3.63, 3.8) is 0 Å². The van der Waals surface area contributed by atoms with E-state index in [0.717, 1.165) is 0 Å². The zero-order chi connectivity index (χ0) is 10.7. The molecule has 0 spiro atoms. The van der Waals surface area contributed by atoms with E-state index >= 15 is 0 Å². The van der Waals surface area contributed by atoms with E-state index in [1.807, 2.05) is 5.32 Å². The van der Waals surface area contributed by atoms with Crippen molar-refractivity contribution in [2.75, 3.05) is 13.7 Å². The van der Waals surface area contributed by atoms with Gasteiger partial charge in [-0.15, -0.1) is 0 Å². The number of halogens is 3. The highest BCUT2D eigenvalue weighted by Crippen LogP contribution is 2.16. The van der Waals surface area contributed by atoms with Gasteiger partial charge in [-0.3, -0.25) is 4.79 Å². The van der Waals surface area contributed by atoms with Crippen LogP contribution in [0.3, 0.4) is 0 Å². The van der Waals surface area contributed by atoms with Crippen molar-refractivity contribution in [3.8, 4) is 0 Å². The molecular formula is C7H12F3NO2. The second-order valence-corrected chi connectivity index (χ2v) is 3.27. The van der Waals surface area contributed by atoms with Crippen LogP contribution < -0.4 is 5.32 Å². The fourth-order valence-electron chi connectivity index (χ4n) is 0.775. The molecule has 1 amide bonds. The number of hydrogen-bond donors (Lipinski definition) is 1. The molecule has 0 aliphatic carbocycles. The second kappa shape index (κ2) is 3.95. The van der Waals surface area contributed by atoms with E-state index in [4.69, 9.17) is 0 Å². The van der Waals surface area contributed by atoms with Crippen LogP contribution in [0.1, 0.15) is 13.8 Å². The first-order valence-electron chi connectivity index (χ1n) is 3.57. The third-order valence-corrected chi connectivity index (χ3v) is 1.21. The smallest absolute Gasteiger partial charge is 0.382 e. The lowest BCUT2D eigenvalue weighted by molar-refractivity contribution is -0.175. The summed E-state index contributed by atoms with van der Waals surface area (Å²) in [5.41, 5.74) is -1.01. The summed E-state index contributed by atoms with van der Waals surface area (Å²) >= 11 is 0. The van der Waals surface area contributed by atoms with Gasteiger partial charge in [-0.2, -0.15) is 13.2 Å². The minimum Gasteiger partial charge on any atom is -0.382 e. The summed E-state index contributed by atoms with van der Waals surface area (Å²) in [6, 6.07) is 0. The number of hydrogen-bond acceptors (Lipinski definition) is 2. The summed E-state index contributed by atoms with van der Waals surface area (Å²) in [6.45, 7) is 2.91. The van der Waals surface area contributed by atoms with Crippen LogP contribution in [-0.4, -0.2) is 31.3 Å². The largest absolute Gasteiger partial charge is 0.471 e. The van der Waals surface area contributed by atoms with Gasteiger partial charge in [0.2, 0.25) is 0 Å². The molecular weight excluding hydrogens is 187 g/mol. The Labute approximate surface area is 74.3 Å². The molecule has 0 aromatic carbocycles. The third-order valence-electron chi connectivity index (χ3n) is 1.21. The molecule has 0 aliphatic heterocycles. The molecule has 0 saturated carbocycles. The van der Waals surface area contributed by atoms with Crippen LogP contribution in [0.15, 0.2) is 0 Å². The lowest BCUT2D eigenvalue weighted by Gasteiger charge is -2.25. The van der Waals surface area contributed by atoms with Crippen molar-refractivity contribution >= 4 is 5.91 Å². The second-order valence-electron chi connectivity index (χ2n) is 3.27. The van der Waals surface area contributed by atoms with E-state index in [0.29, 0.717) is 0 Å². The van der Waals surface area contributed by atoms with Gasteiger partial charge in [0.05, 0.1) is 12.1 Å². The fourth-order valence-corrected chi connectivity index (χ4v) is 0.775. The molecule has 0 unspecified atom stereocenters. The van der Waals surface area contributed by atoms with Gasteiger partial charge < -0.3 is 10.1 Å². The van der Waals surface area contributed by atoms with Gasteiger partial charge in [0, 0.05) is 7.11 Å². The van der Waals surface area contributed by atoms with Crippen LogP contribution in [0, 0.1) is 0 Å². The highest BCUT2D eigenvalue weighted by Gasteiger charge is 2.41. The fraction of sp³-hybridized carbons (Fsp3) is 0.857. The van der Waals surface area contributed by atoms with Crippen molar-refractivity contribution < 1.29 is 22.7 Å². The molecule has 13 heavy (non-hydrogen) atoms. The lowest BCUT2D eigenvalue weighted by Crippen LogP contribution is -2.51. The number of ether oxygens (including phenoxy) is 1. The average molecular weight is 199 g/mol. The van der Waals surface area contributed by atoms with Crippen LogP contribution in [0.5, 0.6) is 0 Å². The van der Waals surface area contributed by atoms with E-state index in [1.165, 1.54) is 21.0 Å². The maximum absolute atomic E-state index is 11.8. The summed E-state index contributed by atoms with van der Waals surface area (Å²) in [7, 11) is 1.35. The number of alkyl halides is 3. The van der Waals surface area contributed by atoms with Crippen molar-refractivity contribution in [2.45, 2.75) is 25.6 Å². The molecule has 78 valence electrons. The number of carbonyl (C=O) groups excluding carboxylic acids is 1. The van der Waals surface area contributed by atoms with Crippen LogP contribution in [0.25, 0.3) is 0 Å². The van der Waals surface area contributed by atoms with Crippen molar-refractivity contribution in [2.24, 2.45) is 0 Å². The van der Waals surface area contributed by atoms with E-state index in [1.54, 1.807) is 0 Å².